The quantitative estimate of drug-likeness (QED) is 0.621. The summed E-state index contributed by atoms with van der Waals surface area (Å²) in [5, 5.41) is 8.97. The molecule has 1 saturated heterocycles. The molecule has 3 rings (SSSR count). The van der Waals surface area contributed by atoms with Crippen LogP contribution in [0.3, 0.4) is 0 Å². The Morgan fingerprint density at radius 3 is 2.82 bits per heavy atom. The second-order valence-corrected chi connectivity index (χ2v) is 7.44. The second-order valence-electron chi connectivity index (χ2n) is 6.52. The van der Waals surface area contributed by atoms with Gasteiger partial charge in [-0.15, -0.1) is 0 Å². The van der Waals surface area contributed by atoms with Gasteiger partial charge in [-0.3, -0.25) is 9.69 Å². The summed E-state index contributed by atoms with van der Waals surface area (Å²) in [5.41, 5.74) is 1.45. The van der Waals surface area contributed by atoms with E-state index in [1.807, 2.05) is 19.1 Å². The van der Waals surface area contributed by atoms with Gasteiger partial charge in [-0.1, -0.05) is 34.6 Å². The third-order valence-electron chi connectivity index (χ3n) is 4.52. The van der Waals surface area contributed by atoms with Crippen molar-refractivity contribution in [3.63, 3.8) is 0 Å². The number of carboxylic acids is 1. The topological polar surface area (TPSA) is 76.1 Å². The molecule has 0 aliphatic carbocycles. The van der Waals surface area contributed by atoms with E-state index < -0.39 is 12.1 Å². The molecule has 146 valence electrons. The van der Waals surface area contributed by atoms with E-state index in [2.05, 4.69) is 22.5 Å². The Balaban J connectivity index is 1.84. The van der Waals surface area contributed by atoms with Crippen molar-refractivity contribution < 1.29 is 24.2 Å². The molecular weight excluding hydrogens is 426 g/mol. The minimum absolute atomic E-state index is 0.0789. The number of nitrogens with zero attached hydrogens (tertiary/aromatic N) is 1. The van der Waals surface area contributed by atoms with Gasteiger partial charge in [-0.05, 0) is 48.9 Å². The lowest BCUT2D eigenvalue weighted by molar-refractivity contribution is -0.136. The number of benzene rings is 2. The molecule has 0 aromatic heterocycles. The highest BCUT2D eigenvalue weighted by atomic mass is 79.9. The highest BCUT2D eigenvalue weighted by Crippen LogP contribution is 2.32. The number of hydrogen-bond acceptors (Lipinski definition) is 4. The molecule has 1 heterocycles. The molecule has 0 radical (unpaired) electrons. The Morgan fingerprint density at radius 1 is 1.36 bits per heavy atom. The van der Waals surface area contributed by atoms with Crippen LogP contribution in [0.5, 0.6) is 11.5 Å². The first-order valence-corrected chi connectivity index (χ1v) is 9.53. The summed E-state index contributed by atoms with van der Waals surface area (Å²) in [6.07, 6.45) is 0.794. The maximum atomic E-state index is 12.2. The molecule has 0 unspecified atom stereocenters. The number of amides is 1. The number of rotatable bonds is 7. The van der Waals surface area contributed by atoms with Gasteiger partial charge < -0.3 is 14.6 Å². The van der Waals surface area contributed by atoms with Gasteiger partial charge in [0, 0.05) is 10.0 Å². The van der Waals surface area contributed by atoms with E-state index in [9.17, 15) is 9.59 Å². The predicted molar refractivity (Wildman–Crippen MR) is 107 cm³/mol. The molecule has 1 aliphatic rings. The van der Waals surface area contributed by atoms with Crippen molar-refractivity contribution in [3.05, 3.63) is 70.7 Å². The number of carbonyl (C=O) groups is 2. The van der Waals surface area contributed by atoms with Crippen LogP contribution in [-0.2, 0) is 22.5 Å². The number of carbonyl (C=O) groups excluding carboxylic acids is 1. The zero-order chi connectivity index (χ0) is 20.3. The van der Waals surface area contributed by atoms with Gasteiger partial charge in [0.05, 0.1) is 19.0 Å². The van der Waals surface area contributed by atoms with Crippen molar-refractivity contribution in [2.45, 2.75) is 32.0 Å². The molecule has 7 heteroatoms. The van der Waals surface area contributed by atoms with Crippen molar-refractivity contribution in [1.29, 1.82) is 0 Å². The third-order valence-corrected chi connectivity index (χ3v) is 5.01. The monoisotopic (exact) mass is 445 g/mol. The van der Waals surface area contributed by atoms with Gasteiger partial charge in [0.1, 0.15) is 17.6 Å². The third kappa shape index (κ3) is 4.54. The van der Waals surface area contributed by atoms with Gasteiger partial charge in [0.2, 0.25) is 0 Å². The van der Waals surface area contributed by atoms with Crippen LogP contribution in [0.15, 0.2) is 59.6 Å². The number of cyclic esters (lactones) is 1. The predicted octanol–water partition coefficient (Wildman–Crippen LogP) is 4.76. The van der Waals surface area contributed by atoms with Crippen LogP contribution < -0.4 is 4.74 Å². The highest BCUT2D eigenvalue weighted by Gasteiger charge is 2.37. The summed E-state index contributed by atoms with van der Waals surface area (Å²) >= 11 is 3.45. The van der Waals surface area contributed by atoms with Crippen LogP contribution in [0.4, 0.5) is 4.79 Å². The summed E-state index contributed by atoms with van der Waals surface area (Å²) < 4.78 is 12.2. The first-order chi connectivity index (χ1) is 13.4. The summed E-state index contributed by atoms with van der Waals surface area (Å²) in [7, 11) is 0. The fourth-order valence-electron chi connectivity index (χ4n) is 3.05. The van der Waals surface area contributed by atoms with Crippen LogP contribution >= 0.6 is 15.9 Å². The van der Waals surface area contributed by atoms with E-state index in [1.165, 1.54) is 0 Å². The largest absolute Gasteiger partial charge is 0.481 e. The molecule has 0 spiro atoms. The van der Waals surface area contributed by atoms with Gasteiger partial charge in [0.15, 0.2) is 0 Å². The first-order valence-electron chi connectivity index (χ1n) is 8.74. The number of aliphatic carboxylic acids is 1. The van der Waals surface area contributed by atoms with Crippen molar-refractivity contribution in [2.75, 3.05) is 0 Å². The van der Waals surface area contributed by atoms with E-state index in [1.54, 1.807) is 41.3 Å². The molecule has 2 aromatic rings. The second kappa shape index (κ2) is 8.48. The van der Waals surface area contributed by atoms with E-state index in [0.29, 0.717) is 23.6 Å². The Labute approximate surface area is 171 Å². The average Bonchev–Trinajstić information content (AvgIpc) is 2.91. The van der Waals surface area contributed by atoms with Crippen LogP contribution in [0, 0.1) is 0 Å². The van der Waals surface area contributed by atoms with E-state index in [4.69, 9.17) is 14.6 Å². The van der Waals surface area contributed by atoms with E-state index >= 15 is 0 Å². The smallest absolute Gasteiger partial charge is 0.411 e. The zero-order valence-electron chi connectivity index (χ0n) is 15.3. The molecule has 1 N–H and O–H groups in total. The maximum absolute atomic E-state index is 12.2. The fraction of sp³-hybridized carbons (Fsp3) is 0.238. The minimum Gasteiger partial charge on any atom is -0.481 e. The number of ether oxygens (including phenoxy) is 2. The van der Waals surface area contributed by atoms with Gasteiger partial charge in [0.25, 0.3) is 0 Å². The summed E-state index contributed by atoms with van der Waals surface area (Å²) in [6, 6.07) is 12.3. The number of carboxylic acid groups (broad SMARTS) is 1. The number of hydrogen-bond donors (Lipinski definition) is 1. The molecule has 0 bridgehead atoms. The lowest BCUT2D eigenvalue weighted by Gasteiger charge is -2.21. The summed E-state index contributed by atoms with van der Waals surface area (Å²) in [5.74, 6) is 0.209. The van der Waals surface area contributed by atoms with Crippen molar-refractivity contribution >= 4 is 28.0 Å². The molecule has 28 heavy (non-hydrogen) atoms. The summed E-state index contributed by atoms with van der Waals surface area (Å²) in [4.78, 5) is 24.8. The Bertz CT molecular complexity index is 913. The zero-order valence-corrected chi connectivity index (χ0v) is 16.9. The molecule has 2 atom stereocenters. The van der Waals surface area contributed by atoms with Crippen LogP contribution in [0.25, 0.3) is 0 Å². The SMILES string of the molecule is C=C[C@@H]1OC(=O)N(Cc2cc(Br)ccc2Oc2cccc(CC(=O)O)c2)[C@@H]1C. The average molecular weight is 446 g/mol. The fourth-order valence-corrected chi connectivity index (χ4v) is 3.46. The van der Waals surface area contributed by atoms with Crippen molar-refractivity contribution in [1.82, 2.24) is 4.90 Å². The highest BCUT2D eigenvalue weighted by molar-refractivity contribution is 9.10. The van der Waals surface area contributed by atoms with Crippen LogP contribution in [0.2, 0.25) is 0 Å². The molecule has 6 nitrogen and oxygen atoms in total. The van der Waals surface area contributed by atoms with E-state index in [0.717, 1.165) is 10.0 Å². The lowest BCUT2D eigenvalue weighted by atomic mass is 10.1. The molecule has 1 aliphatic heterocycles. The van der Waals surface area contributed by atoms with Crippen LogP contribution in [0.1, 0.15) is 18.1 Å². The minimum atomic E-state index is -0.903. The molecule has 1 amide bonds. The Morgan fingerprint density at radius 2 is 2.14 bits per heavy atom. The Kier molecular flexibility index (Phi) is 6.04. The summed E-state index contributed by atoms with van der Waals surface area (Å²) in [6.45, 7) is 5.93. The normalized spacial score (nSPS) is 18.6. The Hall–Kier alpha value is -2.80. The van der Waals surface area contributed by atoms with Gasteiger partial charge in [-0.2, -0.15) is 0 Å². The van der Waals surface area contributed by atoms with Gasteiger partial charge >= 0.3 is 12.1 Å². The van der Waals surface area contributed by atoms with Gasteiger partial charge in [-0.25, -0.2) is 4.79 Å². The standard InChI is InChI=1S/C21H20BrNO5/c1-3-18-13(2)23(21(26)28-18)12-15-11-16(22)7-8-19(15)27-17-6-4-5-14(9-17)10-20(24)25/h3-9,11,13,18H,1,10,12H2,2H3,(H,24,25)/t13-,18+/m1/s1. The van der Waals surface area contributed by atoms with Crippen LogP contribution in [-0.4, -0.2) is 34.2 Å². The van der Waals surface area contributed by atoms with E-state index in [-0.39, 0.29) is 18.6 Å². The first kappa shape index (κ1) is 19.9. The van der Waals surface area contributed by atoms with Crippen molar-refractivity contribution in [3.8, 4) is 11.5 Å². The molecule has 1 fully saturated rings. The molecular formula is C21H20BrNO5. The van der Waals surface area contributed by atoms with Crippen molar-refractivity contribution in [2.24, 2.45) is 0 Å². The number of halogens is 1. The lowest BCUT2D eigenvalue weighted by Crippen LogP contribution is -2.33. The molecule has 0 saturated carbocycles. The molecule has 2 aromatic carbocycles. The maximum Gasteiger partial charge on any atom is 0.411 e.